The Morgan fingerprint density at radius 1 is 1.27 bits per heavy atom. The van der Waals surface area contributed by atoms with Gasteiger partial charge >= 0.3 is 0 Å². The number of likely N-dealkylation sites (tertiary alicyclic amines) is 1. The Labute approximate surface area is 173 Å². The number of nitrogens with zero attached hydrogens (tertiary/aromatic N) is 2. The summed E-state index contributed by atoms with van der Waals surface area (Å²) in [6.07, 6.45) is 6.52. The summed E-state index contributed by atoms with van der Waals surface area (Å²) >= 11 is 0. The number of guanidine groups is 1. The van der Waals surface area contributed by atoms with Crippen molar-refractivity contribution in [2.45, 2.75) is 64.1 Å². The van der Waals surface area contributed by atoms with Gasteiger partial charge in [0, 0.05) is 56.1 Å². The second kappa shape index (κ2) is 7.81. The first-order valence-electron chi connectivity index (χ1n) is 9.95. The van der Waals surface area contributed by atoms with Crippen LogP contribution in [0.5, 0.6) is 0 Å². The molecule has 2 N–H and O–H groups in total. The standard InChI is InChI=1S/C19H32N4O2.HI/c1-12(2)17(24)23-9-5-13(11-23)21-18(20-3)22-15-14-6-10-25-16(14)19(15)7-4-8-19;/h12-16H,4-11H2,1-3H3,(H2,20,21,22);1H. The predicted molar refractivity (Wildman–Crippen MR) is 113 cm³/mol. The molecule has 1 amide bonds. The summed E-state index contributed by atoms with van der Waals surface area (Å²) in [4.78, 5) is 18.6. The fraction of sp³-hybridized carbons (Fsp3) is 0.895. The Kier molecular flexibility index (Phi) is 6.06. The lowest BCUT2D eigenvalue weighted by molar-refractivity contribution is -0.171. The number of amides is 1. The number of carbonyl (C=O) groups is 1. The van der Waals surface area contributed by atoms with Crippen LogP contribution in [0.25, 0.3) is 0 Å². The van der Waals surface area contributed by atoms with Gasteiger partial charge in [-0.1, -0.05) is 20.3 Å². The van der Waals surface area contributed by atoms with Gasteiger partial charge in [0.15, 0.2) is 5.96 Å². The Bertz CT molecular complexity index is 564. The molecule has 4 aliphatic rings. The topological polar surface area (TPSA) is 66.0 Å². The van der Waals surface area contributed by atoms with Gasteiger partial charge in [0.2, 0.25) is 5.91 Å². The van der Waals surface area contributed by atoms with Crippen molar-refractivity contribution in [2.75, 3.05) is 26.7 Å². The lowest BCUT2D eigenvalue weighted by Crippen LogP contribution is -2.72. The molecule has 26 heavy (non-hydrogen) atoms. The maximum atomic E-state index is 12.2. The first-order chi connectivity index (χ1) is 12.0. The molecule has 2 saturated carbocycles. The van der Waals surface area contributed by atoms with Gasteiger partial charge in [-0.15, -0.1) is 24.0 Å². The normalized spacial score (nSPS) is 34.8. The van der Waals surface area contributed by atoms with Crippen LogP contribution in [0.4, 0.5) is 0 Å². The Morgan fingerprint density at radius 3 is 2.65 bits per heavy atom. The second-order valence-corrected chi connectivity index (χ2v) is 8.59. The summed E-state index contributed by atoms with van der Waals surface area (Å²) in [6, 6.07) is 0.789. The number of rotatable bonds is 3. The predicted octanol–water partition coefficient (Wildman–Crippen LogP) is 1.98. The van der Waals surface area contributed by atoms with E-state index >= 15 is 0 Å². The molecule has 2 heterocycles. The summed E-state index contributed by atoms with van der Waals surface area (Å²) in [5, 5.41) is 7.28. The maximum absolute atomic E-state index is 12.2. The summed E-state index contributed by atoms with van der Waals surface area (Å²) in [7, 11) is 1.84. The highest BCUT2D eigenvalue weighted by atomic mass is 127. The third kappa shape index (κ3) is 3.23. The molecule has 0 aromatic heterocycles. The van der Waals surface area contributed by atoms with Crippen molar-refractivity contribution < 1.29 is 9.53 Å². The molecule has 2 saturated heterocycles. The van der Waals surface area contributed by atoms with E-state index in [0.717, 1.165) is 32.1 Å². The van der Waals surface area contributed by atoms with Crippen LogP contribution in [0, 0.1) is 17.3 Å². The minimum atomic E-state index is 0. The van der Waals surface area contributed by atoms with E-state index in [1.54, 1.807) is 0 Å². The zero-order valence-electron chi connectivity index (χ0n) is 16.2. The van der Waals surface area contributed by atoms with Crippen molar-refractivity contribution in [1.82, 2.24) is 15.5 Å². The van der Waals surface area contributed by atoms with Gasteiger partial charge in [-0.3, -0.25) is 9.79 Å². The minimum Gasteiger partial charge on any atom is -0.377 e. The maximum Gasteiger partial charge on any atom is 0.225 e. The molecule has 4 unspecified atom stereocenters. The highest BCUT2D eigenvalue weighted by molar-refractivity contribution is 14.0. The van der Waals surface area contributed by atoms with Crippen molar-refractivity contribution in [2.24, 2.45) is 22.2 Å². The number of halogens is 1. The summed E-state index contributed by atoms with van der Waals surface area (Å²) in [6.45, 7) is 6.48. The molecular formula is C19H33IN4O2. The van der Waals surface area contributed by atoms with Gasteiger partial charge in [0.25, 0.3) is 0 Å². The molecule has 4 fully saturated rings. The van der Waals surface area contributed by atoms with Gasteiger partial charge < -0.3 is 20.3 Å². The summed E-state index contributed by atoms with van der Waals surface area (Å²) < 4.78 is 6.01. The molecule has 4 rings (SSSR count). The number of fused-ring (bicyclic) bond motifs is 2. The lowest BCUT2D eigenvalue weighted by atomic mass is 9.46. The lowest BCUT2D eigenvalue weighted by Gasteiger charge is -2.63. The largest absolute Gasteiger partial charge is 0.377 e. The van der Waals surface area contributed by atoms with Crippen LogP contribution in [-0.4, -0.2) is 61.7 Å². The number of carbonyl (C=O) groups excluding carboxylic acids is 1. The second-order valence-electron chi connectivity index (χ2n) is 8.59. The summed E-state index contributed by atoms with van der Waals surface area (Å²) in [5.74, 6) is 1.86. The average Bonchev–Trinajstić information content (AvgIpc) is 3.17. The molecule has 1 spiro atoms. The number of hydrogen-bond donors (Lipinski definition) is 2. The molecule has 0 aromatic rings. The molecule has 0 bridgehead atoms. The van der Waals surface area contributed by atoms with Crippen molar-refractivity contribution in [3.05, 3.63) is 0 Å². The number of aliphatic imine (C=N–C) groups is 1. The quantitative estimate of drug-likeness (QED) is 0.372. The number of nitrogens with one attached hydrogen (secondary N) is 2. The van der Waals surface area contributed by atoms with E-state index in [9.17, 15) is 4.79 Å². The fourth-order valence-corrected chi connectivity index (χ4v) is 5.41. The molecule has 2 aliphatic carbocycles. The van der Waals surface area contributed by atoms with Gasteiger partial charge in [-0.2, -0.15) is 0 Å². The first kappa shape index (κ1) is 20.2. The third-order valence-corrected chi connectivity index (χ3v) is 6.89. The third-order valence-electron chi connectivity index (χ3n) is 6.89. The van der Waals surface area contributed by atoms with Crippen LogP contribution in [0.3, 0.4) is 0 Å². The molecule has 4 atom stereocenters. The Balaban J connectivity index is 0.00000196. The SMILES string of the molecule is CN=C(NC1CCN(C(=O)C(C)C)C1)NC1C2CCOC2C12CCC2.I. The minimum absolute atomic E-state index is 0. The zero-order valence-corrected chi connectivity index (χ0v) is 18.5. The van der Waals surface area contributed by atoms with Crippen molar-refractivity contribution >= 4 is 35.8 Å². The average molecular weight is 476 g/mol. The molecule has 0 aromatic carbocycles. The first-order valence-corrected chi connectivity index (χ1v) is 9.95. The van der Waals surface area contributed by atoms with Crippen LogP contribution < -0.4 is 10.6 Å². The van der Waals surface area contributed by atoms with Gasteiger partial charge in [0.05, 0.1) is 6.10 Å². The highest BCUT2D eigenvalue weighted by Gasteiger charge is 2.66. The Hall–Kier alpha value is -0.570. The van der Waals surface area contributed by atoms with E-state index in [4.69, 9.17) is 4.74 Å². The molecule has 0 radical (unpaired) electrons. The molecule has 148 valence electrons. The van der Waals surface area contributed by atoms with E-state index in [1.807, 2.05) is 25.8 Å². The molecule has 6 nitrogen and oxygen atoms in total. The molecule has 7 heteroatoms. The van der Waals surface area contributed by atoms with Crippen molar-refractivity contribution in [3.63, 3.8) is 0 Å². The van der Waals surface area contributed by atoms with Gasteiger partial charge in [0.1, 0.15) is 0 Å². The van der Waals surface area contributed by atoms with Crippen LogP contribution >= 0.6 is 24.0 Å². The van der Waals surface area contributed by atoms with E-state index in [0.29, 0.717) is 29.5 Å². The van der Waals surface area contributed by atoms with Crippen molar-refractivity contribution in [3.8, 4) is 0 Å². The van der Waals surface area contributed by atoms with Crippen LogP contribution in [0.2, 0.25) is 0 Å². The molecular weight excluding hydrogens is 443 g/mol. The fourth-order valence-electron chi connectivity index (χ4n) is 5.41. The van der Waals surface area contributed by atoms with E-state index in [1.165, 1.54) is 25.7 Å². The summed E-state index contributed by atoms with van der Waals surface area (Å²) in [5.41, 5.74) is 0.355. The number of ether oxygens (including phenoxy) is 1. The highest BCUT2D eigenvalue weighted by Crippen LogP contribution is 2.62. The zero-order chi connectivity index (χ0) is 17.6. The van der Waals surface area contributed by atoms with Crippen LogP contribution in [-0.2, 0) is 9.53 Å². The van der Waals surface area contributed by atoms with E-state index < -0.39 is 0 Å². The smallest absolute Gasteiger partial charge is 0.225 e. The monoisotopic (exact) mass is 476 g/mol. The van der Waals surface area contributed by atoms with E-state index in [2.05, 4.69) is 15.6 Å². The van der Waals surface area contributed by atoms with Gasteiger partial charge in [-0.05, 0) is 25.7 Å². The van der Waals surface area contributed by atoms with Crippen molar-refractivity contribution in [1.29, 1.82) is 0 Å². The molecule has 2 aliphatic heterocycles. The van der Waals surface area contributed by atoms with Crippen LogP contribution in [0.1, 0.15) is 46.0 Å². The van der Waals surface area contributed by atoms with Gasteiger partial charge in [-0.25, -0.2) is 0 Å². The number of hydrogen-bond acceptors (Lipinski definition) is 3. The van der Waals surface area contributed by atoms with E-state index in [-0.39, 0.29) is 35.8 Å². The van der Waals surface area contributed by atoms with Crippen LogP contribution in [0.15, 0.2) is 4.99 Å². The Morgan fingerprint density at radius 2 is 2.04 bits per heavy atom.